The SMILES string of the molecule is CCC(=CCN(C)C(C)CCSC)C(=O)OC. The average molecular weight is 259 g/mol. The highest BCUT2D eigenvalue weighted by Crippen LogP contribution is 2.08. The number of methoxy groups -OCH3 is 1. The van der Waals surface area contributed by atoms with Crippen molar-refractivity contribution in [2.45, 2.75) is 32.7 Å². The van der Waals surface area contributed by atoms with Gasteiger partial charge in [-0.2, -0.15) is 11.8 Å². The van der Waals surface area contributed by atoms with Crippen molar-refractivity contribution in [1.82, 2.24) is 4.90 Å². The third-order valence-electron chi connectivity index (χ3n) is 2.95. The van der Waals surface area contributed by atoms with Crippen LogP contribution in [-0.2, 0) is 9.53 Å². The number of thioether (sulfide) groups is 1. The van der Waals surface area contributed by atoms with E-state index in [2.05, 4.69) is 25.1 Å². The number of hydrogen-bond acceptors (Lipinski definition) is 4. The van der Waals surface area contributed by atoms with Crippen molar-refractivity contribution in [3.8, 4) is 0 Å². The number of ether oxygens (including phenoxy) is 1. The van der Waals surface area contributed by atoms with Gasteiger partial charge < -0.3 is 4.74 Å². The molecule has 17 heavy (non-hydrogen) atoms. The monoisotopic (exact) mass is 259 g/mol. The molecule has 0 aliphatic carbocycles. The highest BCUT2D eigenvalue weighted by Gasteiger charge is 2.10. The Bertz CT molecular complexity index is 254. The normalized spacial score (nSPS) is 13.9. The van der Waals surface area contributed by atoms with Gasteiger partial charge in [-0.25, -0.2) is 4.79 Å². The van der Waals surface area contributed by atoms with Gasteiger partial charge in [0.2, 0.25) is 0 Å². The Kier molecular flexibility index (Phi) is 9.27. The fourth-order valence-corrected chi connectivity index (χ4v) is 2.02. The molecule has 0 aromatic heterocycles. The van der Waals surface area contributed by atoms with Crippen molar-refractivity contribution in [3.05, 3.63) is 11.6 Å². The van der Waals surface area contributed by atoms with Crippen LogP contribution in [0.4, 0.5) is 0 Å². The molecule has 3 nitrogen and oxygen atoms in total. The number of likely N-dealkylation sites (N-methyl/N-ethyl adjacent to an activating group) is 1. The van der Waals surface area contributed by atoms with Crippen LogP contribution >= 0.6 is 11.8 Å². The predicted octanol–water partition coefficient (Wildman–Crippen LogP) is 2.57. The molecule has 0 saturated heterocycles. The molecule has 0 spiro atoms. The minimum atomic E-state index is -0.210. The summed E-state index contributed by atoms with van der Waals surface area (Å²) in [6, 6.07) is 0.537. The minimum Gasteiger partial charge on any atom is -0.466 e. The van der Waals surface area contributed by atoms with E-state index in [-0.39, 0.29) is 5.97 Å². The summed E-state index contributed by atoms with van der Waals surface area (Å²) in [5, 5.41) is 0. The zero-order chi connectivity index (χ0) is 13.3. The molecule has 4 heteroatoms. The third-order valence-corrected chi connectivity index (χ3v) is 3.59. The molecule has 0 amide bonds. The maximum absolute atomic E-state index is 11.4. The van der Waals surface area contributed by atoms with Crippen molar-refractivity contribution in [2.24, 2.45) is 0 Å². The molecular weight excluding hydrogens is 234 g/mol. The third kappa shape index (κ3) is 6.74. The molecular formula is C13H25NO2S. The van der Waals surface area contributed by atoms with Crippen molar-refractivity contribution < 1.29 is 9.53 Å². The molecule has 0 fully saturated rings. The van der Waals surface area contributed by atoms with Crippen molar-refractivity contribution >= 4 is 17.7 Å². The lowest BCUT2D eigenvalue weighted by atomic mass is 10.1. The molecule has 0 rings (SSSR count). The second-order valence-electron chi connectivity index (χ2n) is 4.14. The van der Waals surface area contributed by atoms with Crippen LogP contribution in [0.2, 0.25) is 0 Å². The van der Waals surface area contributed by atoms with E-state index in [0.717, 1.165) is 18.5 Å². The summed E-state index contributed by atoms with van der Waals surface area (Å²) in [6.45, 7) is 4.99. The minimum absolute atomic E-state index is 0.210. The second-order valence-corrected chi connectivity index (χ2v) is 5.13. The van der Waals surface area contributed by atoms with Crippen molar-refractivity contribution in [3.63, 3.8) is 0 Å². The molecule has 0 aliphatic rings. The number of rotatable bonds is 8. The molecule has 1 atom stereocenters. The van der Waals surface area contributed by atoms with E-state index < -0.39 is 0 Å². The molecule has 0 N–H and O–H groups in total. The second kappa shape index (κ2) is 9.54. The van der Waals surface area contributed by atoms with E-state index in [9.17, 15) is 4.79 Å². The fraction of sp³-hybridized carbons (Fsp3) is 0.769. The summed E-state index contributed by atoms with van der Waals surface area (Å²) < 4.78 is 4.73. The molecule has 0 bridgehead atoms. The maximum Gasteiger partial charge on any atom is 0.333 e. The Balaban J connectivity index is 4.22. The quantitative estimate of drug-likeness (QED) is 0.495. The first-order chi connectivity index (χ1) is 8.06. The van der Waals surface area contributed by atoms with Gasteiger partial charge in [-0.1, -0.05) is 13.0 Å². The molecule has 0 heterocycles. The Morgan fingerprint density at radius 1 is 1.53 bits per heavy atom. The van der Waals surface area contributed by atoms with E-state index in [1.54, 1.807) is 0 Å². The van der Waals surface area contributed by atoms with E-state index >= 15 is 0 Å². The van der Waals surface area contributed by atoms with Gasteiger partial charge >= 0.3 is 5.97 Å². The molecule has 0 radical (unpaired) electrons. The lowest BCUT2D eigenvalue weighted by Crippen LogP contribution is -2.30. The zero-order valence-electron chi connectivity index (χ0n) is 11.7. The van der Waals surface area contributed by atoms with Gasteiger partial charge in [-0.05, 0) is 38.8 Å². The van der Waals surface area contributed by atoms with Crippen LogP contribution in [0.1, 0.15) is 26.7 Å². The van der Waals surface area contributed by atoms with Crippen LogP contribution in [0.3, 0.4) is 0 Å². The Hall–Kier alpha value is -0.480. The predicted molar refractivity (Wildman–Crippen MR) is 75.5 cm³/mol. The topological polar surface area (TPSA) is 29.5 Å². The van der Waals surface area contributed by atoms with Gasteiger partial charge in [-0.15, -0.1) is 0 Å². The summed E-state index contributed by atoms with van der Waals surface area (Å²) in [6.07, 6.45) is 5.99. The standard InChI is InChI=1S/C13H25NO2S/c1-6-12(13(15)16-4)7-9-14(3)11(2)8-10-17-5/h7,11H,6,8-10H2,1-5H3. The molecule has 0 saturated carbocycles. The molecule has 1 unspecified atom stereocenters. The number of nitrogens with zero attached hydrogens (tertiary/aromatic N) is 1. The zero-order valence-corrected chi connectivity index (χ0v) is 12.5. The van der Waals surface area contributed by atoms with E-state index in [4.69, 9.17) is 4.74 Å². The maximum atomic E-state index is 11.4. The first-order valence-corrected chi connectivity index (χ1v) is 7.42. The van der Waals surface area contributed by atoms with Gasteiger partial charge in [0.05, 0.1) is 7.11 Å². The lowest BCUT2D eigenvalue weighted by molar-refractivity contribution is -0.136. The highest BCUT2D eigenvalue weighted by molar-refractivity contribution is 7.98. The summed E-state index contributed by atoms with van der Waals surface area (Å²) in [7, 11) is 3.52. The average Bonchev–Trinajstić information content (AvgIpc) is 2.35. The Morgan fingerprint density at radius 3 is 2.65 bits per heavy atom. The lowest BCUT2D eigenvalue weighted by Gasteiger charge is -2.23. The van der Waals surface area contributed by atoms with Gasteiger partial charge in [0.1, 0.15) is 0 Å². The summed E-state index contributed by atoms with van der Waals surface area (Å²) in [4.78, 5) is 13.6. The first-order valence-electron chi connectivity index (χ1n) is 6.03. The first kappa shape index (κ1) is 16.5. The van der Waals surface area contributed by atoms with E-state index in [1.807, 2.05) is 24.8 Å². The van der Waals surface area contributed by atoms with E-state index in [1.165, 1.54) is 19.3 Å². The van der Waals surface area contributed by atoms with Crippen LogP contribution in [-0.4, -0.2) is 49.6 Å². The van der Waals surface area contributed by atoms with Crippen LogP contribution in [0.15, 0.2) is 11.6 Å². The Labute approximate surface area is 110 Å². The largest absolute Gasteiger partial charge is 0.466 e. The fourth-order valence-electron chi connectivity index (χ4n) is 1.45. The number of carbonyl (C=O) groups is 1. The Morgan fingerprint density at radius 2 is 2.18 bits per heavy atom. The van der Waals surface area contributed by atoms with Crippen LogP contribution in [0.5, 0.6) is 0 Å². The van der Waals surface area contributed by atoms with Crippen LogP contribution in [0, 0.1) is 0 Å². The van der Waals surface area contributed by atoms with Gasteiger partial charge in [0.25, 0.3) is 0 Å². The van der Waals surface area contributed by atoms with Crippen molar-refractivity contribution in [1.29, 1.82) is 0 Å². The summed E-state index contributed by atoms with van der Waals surface area (Å²) in [5.41, 5.74) is 0.761. The molecule has 100 valence electrons. The van der Waals surface area contributed by atoms with E-state index in [0.29, 0.717) is 6.04 Å². The molecule has 0 aromatic carbocycles. The van der Waals surface area contributed by atoms with Crippen molar-refractivity contribution in [2.75, 3.05) is 32.7 Å². The summed E-state index contributed by atoms with van der Waals surface area (Å²) in [5.74, 6) is 0.963. The number of esters is 1. The summed E-state index contributed by atoms with van der Waals surface area (Å²) >= 11 is 1.87. The van der Waals surface area contributed by atoms with Gasteiger partial charge in [0.15, 0.2) is 0 Å². The molecule has 0 aliphatic heterocycles. The number of carbonyl (C=O) groups excluding carboxylic acids is 1. The van der Waals surface area contributed by atoms with Crippen LogP contribution in [0.25, 0.3) is 0 Å². The highest BCUT2D eigenvalue weighted by atomic mass is 32.2. The van der Waals surface area contributed by atoms with Gasteiger partial charge in [0, 0.05) is 18.2 Å². The molecule has 0 aromatic rings. The number of hydrogen-bond donors (Lipinski definition) is 0. The van der Waals surface area contributed by atoms with Gasteiger partial charge in [-0.3, -0.25) is 4.90 Å². The van der Waals surface area contributed by atoms with Crippen LogP contribution < -0.4 is 0 Å². The smallest absolute Gasteiger partial charge is 0.333 e.